The van der Waals surface area contributed by atoms with Crippen molar-refractivity contribution in [2.24, 2.45) is 0 Å². The number of aliphatic hydroxyl groups is 1. The lowest BCUT2D eigenvalue weighted by atomic mass is 10.1. The molecule has 8 heteroatoms. The van der Waals surface area contributed by atoms with E-state index >= 15 is 0 Å². The lowest BCUT2D eigenvalue weighted by molar-refractivity contribution is -0.140. The molecule has 0 aromatic heterocycles. The normalized spacial score (nSPS) is 11.5. The Morgan fingerprint density at radius 1 is 0.743 bits per heavy atom. The van der Waals surface area contributed by atoms with Crippen molar-refractivity contribution in [3.63, 3.8) is 0 Å². The Morgan fingerprint density at radius 2 is 1.20 bits per heavy atom. The number of allylic oxidation sites excluding steroid dienone is 3. The molecule has 0 saturated heterocycles. The largest absolute Gasteiger partial charge is 0.508 e. The quantitative estimate of drug-likeness (QED) is 0.223. The number of hydrogen-bond donors (Lipinski definition) is 1. The van der Waals surface area contributed by atoms with Crippen molar-refractivity contribution in [1.82, 2.24) is 0 Å². The zero-order valence-electron chi connectivity index (χ0n) is 20.1. The van der Waals surface area contributed by atoms with Crippen LogP contribution in [0.2, 0.25) is 0 Å². The standard InChI is InChI=1S/C27H28O8/c1-32-24-13-18(5-9-20(24)15-26(30)34-3)7-11-22(28)17-23(29)12-8-19-6-10-21(16-27(31)35-4)25(14-19)33-2/h5-14,17,28H,15-16H2,1-4H3/b11-7+,12-8+,22-17?. The second kappa shape index (κ2) is 13.4. The molecule has 0 unspecified atom stereocenters. The summed E-state index contributed by atoms with van der Waals surface area (Å²) in [6, 6.07) is 10.4. The maximum absolute atomic E-state index is 12.2. The fraction of sp³-hybridized carbons (Fsp3) is 0.222. The number of carbonyl (C=O) groups is 3. The maximum Gasteiger partial charge on any atom is 0.310 e. The molecule has 0 fully saturated rings. The molecule has 2 aromatic rings. The predicted octanol–water partition coefficient (Wildman–Crippen LogP) is 3.87. The zero-order valence-corrected chi connectivity index (χ0v) is 20.1. The summed E-state index contributed by atoms with van der Waals surface area (Å²) >= 11 is 0. The topological polar surface area (TPSA) is 108 Å². The predicted molar refractivity (Wildman–Crippen MR) is 131 cm³/mol. The average molecular weight is 481 g/mol. The van der Waals surface area contributed by atoms with Crippen molar-refractivity contribution in [1.29, 1.82) is 0 Å². The average Bonchev–Trinajstić information content (AvgIpc) is 2.87. The molecule has 2 rings (SSSR count). The molecule has 184 valence electrons. The summed E-state index contributed by atoms with van der Waals surface area (Å²) in [4.78, 5) is 35.2. The van der Waals surface area contributed by atoms with Crippen molar-refractivity contribution in [2.75, 3.05) is 28.4 Å². The summed E-state index contributed by atoms with van der Waals surface area (Å²) in [5, 5.41) is 10.1. The first-order valence-corrected chi connectivity index (χ1v) is 10.6. The van der Waals surface area contributed by atoms with E-state index in [0.717, 1.165) is 6.08 Å². The summed E-state index contributed by atoms with van der Waals surface area (Å²) < 4.78 is 20.0. The van der Waals surface area contributed by atoms with Crippen LogP contribution < -0.4 is 9.47 Å². The third-order valence-corrected chi connectivity index (χ3v) is 4.92. The van der Waals surface area contributed by atoms with Crippen molar-refractivity contribution < 1.29 is 38.4 Å². The molecule has 8 nitrogen and oxygen atoms in total. The molecular formula is C27H28O8. The Hall–Kier alpha value is -4.33. The minimum Gasteiger partial charge on any atom is -0.508 e. The van der Waals surface area contributed by atoms with Crippen LogP contribution in [0.5, 0.6) is 11.5 Å². The number of ether oxygens (including phenoxy) is 4. The molecule has 0 aliphatic heterocycles. The van der Waals surface area contributed by atoms with Crippen molar-refractivity contribution >= 4 is 29.9 Å². The molecule has 35 heavy (non-hydrogen) atoms. The van der Waals surface area contributed by atoms with E-state index in [4.69, 9.17) is 9.47 Å². The van der Waals surface area contributed by atoms with Crippen LogP contribution in [0.3, 0.4) is 0 Å². The number of ketones is 1. The molecule has 2 aromatic carbocycles. The summed E-state index contributed by atoms with van der Waals surface area (Å²) in [6.45, 7) is 0. The second-order valence-electron chi connectivity index (χ2n) is 7.29. The van der Waals surface area contributed by atoms with E-state index in [2.05, 4.69) is 9.47 Å². The first-order chi connectivity index (χ1) is 16.8. The van der Waals surface area contributed by atoms with Crippen molar-refractivity contribution in [2.45, 2.75) is 12.8 Å². The van der Waals surface area contributed by atoms with E-state index in [-0.39, 0.29) is 30.5 Å². The van der Waals surface area contributed by atoms with Crippen LogP contribution >= 0.6 is 0 Å². The van der Waals surface area contributed by atoms with E-state index in [9.17, 15) is 19.5 Å². The number of aliphatic hydroxyl groups excluding tert-OH is 1. The highest BCUT2D eigenvalue weighted by molar-refractivity contribution is 6.02. The monoisotopic (exact) mass is 480 g/mol. The summed E-state index contributed by atoms with van der Waals surface area (Å²) in [6.07, 6.45) is 7.11. The van der Waals surface area contributed by atoms with E-state index in [1.54, 1.807) is 48.6 Å². The smallest absolute Gasteiger partial charge is 0.310 e. The van der Waals surface area contributed by atoms with Gasteiger partial charge in [-0.2, -0.15) is 0 Å². The minimum absolute atomic E-state index is 0.0748. The first kappa shape index (κ1) is 26.9. The molecular weight excluding hydrogens is 452 g/mol. The molecule has 0 aliphatic rings. The third-order valence-electron chi connectivity index (χ3n) is 4.92. The number of hydrogen-bond acceptors (Lipinski definition) is 8. The first-order valence-electron chi connectivity index (χ1n) is 10.6. The van der Waals surface area contributed by atoms with Gasteiger partial charge in [-0.25, -0.2) is 0 Å². The molecule has 0 saturated carbocycles. The van der Waals surface area contributed by atoms with Gasteiger partial charge in [-0.15, -0.1) is 0 Å². The SMILES string of the molecule is COC(=O)Cc1ccc(/C=C/C(=O)C=C(O)/C=C/c2ccc(CC(=O)OC)c(OC)c2)cc1OC. The number of carbonyl (C=O) groups excluding carboxylic acids is 3. The Morgan fingerprint density at radius 3 is 1.63 bits per heavy atom. The van der Waals surface area contributed by atoms with Gasteiger partial charge in [0.15, 0.2) is 5.78 Å². The molecule has 0 aliphatic carbocycles. The van der Waals surface area contributed by atoms with E-state index in [1.165, 1.54) is 40.6 Å². The number of rotatable bonds is 11. The van der Waals surface area contributed by atoms with Gasteiger partial charge in [0.1, 0.15) is 17.3 Å². The highest BCUT2D eigenvalue weighted by Gasteiger charge is 2.10. The van der Waals surface area contributed by atoms with Gasteiger partial charge in [0.25, 0.3) is 0 Å². The van der Waals surface area contributed by atoms with E-state index in [0.29, 0.717) is 33.8 Å². The third kappa shape index (κ3) is 8.51. The van der Waals surface area contributed by atoms with Gasteiger partial charge in [0.2, 0.25) is 0 Å². The molecule has 0 heterocycles. The van der Waals surface area contributed by atoms with Crippen molar-refractivity contribution in [3.8, 4) is 11.5 Å². The second-order valence-corrected chi connectivity index (χ2v) is 7.29. The van der Waals surface area contributed by atoms with Gasteiger partial charge in [0.05, 0.1) is 41.3 Å². The highest BCUT2D eigenvalue weighted by atomic mass is 16.5. The molecule has 0 atom stereocenters. The minimum atomic E-state index is -0.421. The molecule has 0 spiro atoms. The van der Waals surface area contributed by atoms with Gasteiger partial charge in [-0.3, -0.25) is 14.4 Å². The lowest BCUT2D eigenvalue weighted by Gasteiger charge is -2.08. The van der Waals surface area contributed by atoms with Crippen LogP contribution in [0.1, 0.15) is 22.3 Å². The molecule has 1 N–H and O–H groups in total. The lowest BCUT2D eigenvalue weighted by Crippen LogP contribution is -2.05. The maximum atomic E-state index is 12.2. The van der Waals surface area contributed by atoms with Crippen LogP contribution in [0.4, 0.5) is 0 Å². The van der Waals surface area contributed by atoms with Gasteiger partial charge < -0.3 is 24.1 Å². The van der Waals surface area contributed by atoms with Crippen LogP contribution in [0, 0.1) is 0 Å². The summed E-state index contributed by atoms with van der Waals surface area (Å²) in [5.74, 6) is -0.410. The van der Waals surface area contributed by atoms with Crippen LogP contribution in [-0.4, -0.2) is 51.3 Å². The van der Waals surface area contributed by atoms with Gasteiger partial charge in [0, 0.05) is 17.2 Å². The Balaban J connectivity index is 2.07. The number of methoxy groups -OCH3 is 4. The highest BCUT2D eigenvalue weighted by Crippen LogP contribution is 2.23. The fourth-order valence-corrected chi connectivity index (χ4v) is 3.08. The summed E-state index contributed by atoms with van der Waals surface area (Å²) in [5.41, 5.74) is 2.73. The van der Waals surface area contributed by atoms with Crippen molar-refractivity contribution in [3.05, 3.63) is 82.6 Å². The van der Waals surface area contributed by atoms with Gasteiger partial charge >= 0.3 is 11.9 Å². The number of benzene rings is 2. The Kier molecular flexibility index (Phi) is 10.3. The fourth-order valence-electron chi connectivity index (χ4n) is 3.08. The molecule has 0 bridgehead atoms. The van der Waals surface area contributed by atoms with Gasteiger partial charge in [-0.1, -0.05) is 36.4 Å². The Labute approximate surface area is 204 Å². The summed E-state index contributed by atoms with van der Waals surface area (Å²) in [7, 11) is 5.62. The van der Waals surface area contributed by atoms with Crippen LogP contribution in [-0.2, 0) is 36.7 Å². The van der Waals surface area contributed by atoms with E-state index in [1.807, 2.05) is 0 Å². The molecule has 0 amide bonds. The van der Waals surface area contributed by atoms with Crippen LogP contribution in [0.15, 0.2) is 60.4 Å². The van der Waals surface area contributed by atoms with E-state index < -0.39 is 5.78 Å². The molecule has 0 radical (unpaired) electrons. The Bertz CT molecular complexity index is 1160. The van der Waals surface area contributed by atoms with Crippen LogP contribution in [0.25, 0.3) is 12.2 Å². The number of esters is 2. The van der Waals surface area contributed by atoms with Gasteiger partial charge in [-0.05, 0) is 35.4 Å². The zero-order chi connectivity index (χ0) is 25.8.